The van der Waals surface area contributed by atoms with E-state index in [0.29, 0.717) is 24.1 Å². The molecule has 0 aliphatic carbocycles. The van der Waals surface area contributed by atoms with Gasteiger partial charge in [-0.3, -0.25) is 4.79 Å². The largest absolute Gasteiger partial charge is 0.423 e. The summed E-state index contributed by atoms with van der Waals surface area (Å²) in [7, 11) is -3.72. The van der Waals surface area contributed by atoms with E-state index in [1.165, 1.54) is 18.2 Å². The fourth-order valence-corrected chi connectivity index (χ4v) is 3.43. The maximum atomic E-state index is 12.3. The minimum atomic E-state index is -3.72. The van der Waals surface area contributed by atoms with E-state index in [4.69, 9.17) is 9.56 Å². The molecule has 8 heteroatoms. The molecule has 7 nitrogen and oxygen atoms in total. The average Bonchev–Trinajstić information content (AvgIpc) is 2.60. The Hall–Kier alpha value is -2.97. The zero-order valence-electron chi connectivity index (χ0n) is 15.3. The van der Waals surface area contributed by atoms with Gasteiger partial charge >= 0.3 is 5.63 Å². The second-order valence-corrected chi connectivity index (χ2v) is 8.12. The quantitative estimate of drug-likeness (QED) is 0.610. The van der Waals surface area contributed by atoms with Gasteiger partial charge in [0.2, 0.25) is 15.9 Å². The summed E-state index contributed by atoms with van der Waals surface area (Å²) >= 11 is 0. The minimum absolute atomic E-state index is 0.0466. The molecule has 3 aromatic rings. The summed E-state index contributed by atoms with van der Waals surface area (Å²) in [5.74, 6) is -0.214. The van der Waals surface area contributed by atoms with Crippen LogP contribution in [0, 0.1) is 6.92 Å². The van der Waals surface area contributed by atoms with Crippen molar-refractivity contribution >= 4 is 26.9 Å². The lowest BCUT2D eigenvalue weighted by Gasteiger charge is -2.08. The summed E-state index contributed by atoms with van der Waals surface area (Å²) in [4.78, 5) is 24.1. The summed E-state index contributed by atoms with van der Waals surface area (Å²) < 4.78 is 27.7. The molecule has 3 rings (SSSR count). The van der Waals surface area contributed by atoms with Crippen LogP contribution in [0.5, 0.6) is 0 Å². The minimum Gasteiger partial charge on any atom is -0.423 e. The van der Waals surface area contributed by atoms with Crippen LogP contribution in [0.15, 0.2) is 62.6 Å². The molecule has 0 unspecified atom stereocenters. The number of nitrogens with one attached hydrogen (secondary N) is 1. The molecule has 0 aliphatic rings. The lowest BCUT2D eigenvalue weighted by Crippen LogP contribution is -2.27. The van der Waals surface area contributed by atoms with Gasteiger partial charge in [0.25, 0.3) is 0 Å². The number of hydrogen-bond acceptors (Lipinski definition) is 5. The zero-order valence-corrected chi connectivity index (χ0v) is 16.1. The summed E-state index contributed by atoms with van der Waals surface area (Å²) in [6.07, 6.45) is 0.600. The van der Waals surface area contributed by atoms with Crippen molar-refractivity contribution < 1.29 is 17.6 Å². The van der Waals surface area contributed by atoms with Crippen molar-refractivity contribution in [3.05, 3.63) is 75.6 Å². The molecular formula is C20H20N2O5S. The number of aryl methyl sites for hydroxylation is 1. The van der Waals surface area contributed by atoms with Gasteiger partial charge in [-0.1, -0.05) is 24.3 Å². The average molecular weight is 400 g/mol. The first kappa shape index (κ1) is 19.8. The Morgan fingerprint density at radius 3 is 2.50 bits per heavy atom. The Bertz CT molecular complexity index is 1180. The van der Waals surface area contributed by atoms with Gasteiger partial charge in [0, 0.05) is 18.0 Å². The van der Waals surface area contributed by atoms with E-state index in [1.807, 2.05) is 19.1 Å². The van der Waals surface area contributed by atoms with Crippen LogP contribution in [-0.2, 0) is 27.7 Å². The van der Waals surface area contributed by atoms with Crippen molar-refractivity contribution in [1.82, 2.24) is 5.32 Å². The van der Waals surface area contributed by atoms with E-state index >= 15 is 0 Å². The van der Waals surface area contributed by atoms with Crippen LogP contribution in [0.25, 0.3) is 11.0 Å². The Balaban J connectivity index is 1.62. The smallest absolute Gasteiger partial charge is 0.336 e. The summed E-state index contributed by atoms with van der Waals surface area (Å²) in [5.41, 5.74) is 2.42. The number of rotatable bonds is 6. The number of benzene rings is 2. The number of fused-ring (bicyclic) bond motifs is 1. The summed E-state index contributed by atoms with van der Waals surface area (Å²) in [6, 6.07) is 13.0. The second-order valence-electron chi connectivity index (χ2n) is 6.56. The molecule has 0 saturated heterocycles. The Labute approximate surface area is 162 Å². The number of carbonyl (C=O) groups is 1. The SMILES string of the molecule is Cc1ccc2c(CC(=O)NCCc3ccc(S(N)(=O)=O)cc3)cc(=O)oc2c1. The van der Waals surface area contributed by atoms with Crippen molar-refractivity contribution in [3.63, 3.8) is 0 Å². The third-order valence-corrected chi connectivity index (χ3v) is 5.25. The highest BCUT2D eigenvalue weighted by Gasteiger charge is 2.11. The first-order valence-corrected chi connectivity index (χ1v) is 10.2. The fraction of sp³-hybridized carbons (Fsp3) is 0.200. The first-order valence-electron chi connectivity index (χ1n) is 8.64. The Morgan fingerprint density at radius 1 is 1.11 bits per heavy atom. The fourth-order valence-electron chi connectivity index (χ4n) is 2.91. The topological polar surface area (TPSA) is 119 Å². The Morgan fingerprint density at radius 2 is 1.82 bits per heavy atom. The number of carbonyl (C=O) groups excluding carboxylic acids is 1. The van der Waals surface area contributed by atoms with Gasteiger partial charge < -0.3 is 9.73 Å². The van der Waals surface area contributed by atoms with Gasteiger partial charge in [0.15, 0.2) is 0 Å². The first-order chi connectivity index (χ1) is 13.2. The molecule has 2 aromatic carbocycles. The van der Waals surface area contributed by atoms with E-state index in [0.717, 1.165) is 16.5 Å². The molecule has 3 N–H and O–H groups in total. The van der Waals surface area contributed by atoms with Crippen molar-refractivity contribution in [2.45, 2.75) is 24.7 Å². The third kappa shape index (κ3) is 4.85. The molecule has 0 aliphatic heterocycles. The van der Waals surface area contributed by atoms with Gasteiger partial charge in [-0.25, -0.2) is 18.4 Å². The van der Waals surface area contributed by atoms with Crippen LogP contribution >= 0.6 is 0 Å². The molecule has 0 bridgehead atoms. The molecular weight excluding hydrogens is 380 g/mol. The van der Waals surface area contributed by atoms with Crippen molar-refractivity contribution in [1.29, 1.82) is 0 Å². The van der Waals surface area contributed by atoms with Gasteiger partial charge in [0.05, 0.1) is 11.3 Å². The highest BCUT2D eigenvalue weighted by molar-refractivity contribution is 7.89. The van der Waals surface area contributed by atoms with Gasteiger partial charge in [-0.05, 0) is 48.2 Å². The van der Waals surface area contributed by atoms with E-state index < -0.39 is 15.6 Å². The highest BCUT2D eigenvalue weighted by Crippen LogP contribution is 2.19. The number of sulfonamides is 1. The molecule has 0 saturated carbocycles. The third-order valence-electron chi connectivity index (χ3n) is 4.32. The molecule has 0 radical (unpaired) electrons. The maximum absolute atomic E-state index is 12.3. The molecule has 0 fully saturated rings. The molecule has 1 heterocycles. The van der Waals surface area contributed by atoms with Crippen molar-refractivity contribution in [2.75, 3.05) is 6.54 Å². The predicted octanol–water partition coefficient (Wildman–Crippen LogP) is 1.65. The number of primary sulfonamides is 1. The van der Waals surface area contributed by atoms with Crippen LogP contribution in [-0.4, -0.2) is 20.9 Å². The molecule has 1 amide bonds. The molecule has 0 atom stereocenters. The van der Waals surface area contributed by atoms with Crippen molar-refractivity contribution in [3.8, 4) is 0 Å². The summed E-state index contributed by atoms with van der Waals surface area (Å²) in [5, 5.41) is 8.61. The van der Waals surface area contributed by atoms with Crippen LogP contribution < -0.4 is 16.1 Å². The van der Waals surface area contributed by atoms with E-state index in [1.54, 1.807) is 18.2 Å². The predicted molar refractivity (Wildman–Crippen MR) is 105 cm³/mol. The van der Waals surface area contributed by atoms with Gasteiger partial charge in [0.1, 0.15) is 5.58 Å². The van der Waals surface area contributed by atoms with Crippen LogP contribution in [0.4, 0.5) is 0 Å². The summed E-state index contributed by atoms with van der Waals surface area (Å²) in [6.45, 7) is 2.28. The Kier molecular flexibility index (Phi) is 5.62. The highest BCUT2D eigenvalue weighted by atomic mass is 32.2. The molecule has 1 aromatic heterocycles. The van der Waals surface area contributed by atoms with E-state index in [2.05, 4.69) is 5.32 Å². The van der Waals surface area contributed by atoms with Gasteiger partial charge in [-0.2, -0.15) is 0 Å². The standard InChI is InChI=1S/C20H20N2O5S/c1-13-2-7-17-15(12-20(24)27-18(17)10-13)11-19(23)22-9-8-14-3-5-16(6-4-14)28(21,25)26/h2-7,10,12H,8-9,11H2,1H3,(H,22,23)(H2,21,25,26). The second kappa shape index (κ2) is 7.95. The molecule has 146 valence electrons. The van der Waals surface area contributed by atoms with Crippen LogP contribution in [0.1, 0.15) is 16.7 Å². The van der Waals surface area contributed by atoms with Crippen LogP contribution in [0.3, 0.4) is 0 Å². The van der Waals surface area contributed by atoms with E-state index in [-0.39, 0.29) is 17.2 Å². The van der Waals surface area contributed by atoms with E-state index in [9.17, 15) is 18.0 Å². The van der Waals surface area contributed by atoms with Crippen molar-refractivity contribution in [2.24, 2.45) is 5.14 Å². The normalized spacial score (nSPS) is 11.5. The molecule has 0 spiro atoms. The lowest BCUT2D eigenvalue weighted by atomic mass is 10.1. The van der Waals surface area contributed by atoms with Gasteiger partial charge in [-0.15, -0.1) is 0 Å². The number of hydrogen-bond donors (Lipinski definition) is 2. The zero-order chi connectivity index (χ0) is 20.3. The number of nitrogens with two attached hydrogens (primary N) is 1. The monoisotopic (exact) mass is 400 g/mol. The lowest BCUT2D eigenvalue weighted by molar-refractivity contribution is -0.120. The number of amides is 1. The maximum Gasteiger partial charge on any atom is 0.336 e. The van der Waals surface area contributed by atoms with Crippen LogP contribution in [0.2, 0.25) is 0 Å². The molecule has 28 heavy (non-hydrogen) atoms.